The number of hydrogen-bond acceptors (Lipinski definition) is 2. The first-order valence-corrected chi connectivity index (χ1v) is 7.45. The largest absolute Gasteiger partial charge is 0.329 e. The molecule has 0 spiro atoms. The number of nitrogens with zero attached hydrogens (tertiary/aromatic N) is 1. The topological polar surface area (TPSA) is 29.3 Å². The molecule has 2 atom stereocenters. The first-order valence-electron chi connectivity index (χ1n) is 7.07. The molecule has 1 aromatic carbocycles. The predicted molar refractivity (Wildman–Crippen MR) is 77.8 cm³/mol. The third-order valence-electron chi connectivity index (χ3n) is 4.04. The number of nitrogens with two attached hydrogens (primary N) is 1. The highest BCUT2D eigenvalue weighted by Gasteiger charge is 2.28. The number of likely N-dealkylation sites (tertiary alicyclic amines) is 1. The summed E-state index contributed by atoms with van der Waals surface area (Å²) in [5.41, 5.74) is 6.84. The van der Waals surface area contributed by atoms with Crippen molar-refractivity contribution in [2.45, 2.75) is 44.7 Å². The van der Waals surface area contributed by atoms with Crippen LogP contribution in [-0.2, 0) is 0 Å². The lowest BCUT2D eigenvalue weighted by molar-refractivity contribution is 0.0948. The van der Waals surface area contributed by atoms with E-state index in [1.165, 1.54) is 25.3 Å². The van der Waals surface area contributed by atoms with Gasteiger partial charge in [0.05, 0.1) is 0 Å². The van der Waals surface area contributed by atoms with Crippen molar-refractivity contribution in [3.63, 3.8) is 0 Å². The van der Waals surface area contributed by atoms with Gasteiger partial charge in [-0.3, -0.25) is 4.90 Å². The summed E-state index contributed by atoms with van der Waals surface area (Å²) in [6, 6.07) is 5.35. The quantitative estimate of drug-likeness (QED) is 0.912. The molecule has 0 aromatic heterocycles. The highest BCUT2D eigenvalue weighted by atomic mass is 35.5. The summed E-state index contributed by atoms with van der Waals surface area (Å²) in [7, 11) is 0. The molecule has 1 heterocycles. The Labute approximate surface area is 119 Å². The van der Waals surface area contributed by atoms with Crippen molar-refractivity contribution in [2.24, 2.45) is 5.73 Å². The minimum atomic E-state index is -0.286. The zero-order valence-electron chi connectivity index (χ0n) is 11.4. The van der Waals surface area contributed by atoms with E-state index >= 15 is 0 Å². The minimum Gasteiger partial charge on any atom is -0.329 e. The van der Waals surface area contributed by atoms with Gasteiger partial charge in [0.1, 0.15) is 5.82 Å². The highest BCUT2D eigenvalue weighted by Crippen LogP contribution is 2.31. The molecular formula is C15H22ClFN2. The van der Waals surface area contributed by atoms with Crippen molar-refractivity contribution in [3.05, 3.63) is 34.6 Å². The molecule has 0 amide bonds. The van der Waals surface area contributed by atoms with Gasteiger partial charge < -0.3 is 5.73 Å². The van der Waals surface area contributed by atoms with Crippen LogP contribution in [0.3, 0.4) is 0 Å². The molecule has 0 bridgehead atoms. The number of rotatable bonds is 4. The summed E-state index contributed by atoms with van der Waals surface area (Å²) in [5, 5.41) is 0.443. The Bertz CT molecular complexity index is 404. The van der Waals surface area contributed by atoms with Gasteiger partial charge in [-0.15, -0.1) is 0 Å². The molecular weight excluding hydrogens is 263 g/mol. The molecule has 0 saturated carbocycles. The lowest BCUT2D eigenvalue weighted by atomic mass is 9.95. The van der Waals surface area contributed by atoms with Gasteiger partial charge in [0.2, 0.25) is 0 Å². The normalized spacial score (nSPS) is 22.4. The van der Waals surface area contributed by atoms with Crippen LogP contribution < -0.4 is 5.73 Å². The molecule has 1 fully saturated rings. The van der Waals surface area contributed by atoms with Crippen molar-refractivity contribution in [1.82, 2.24) is 4.90 Å². The van der Waals surface area contributed by atoms with Gasteiger partial charge in [-0.25, -0.2) is 4.39 Å². The Morgan fingerprint density at radius 1 is 1.42 bits per heavy atom. The van der Waals surface area contributed by atoms with E-state index in [-0.39, 0.29) is 11.9 Å². The van der Waals surface area contributed by atoms with Gasteiger partial charge in [0.15, 0.2) is 0 Å². The van der Waals surface area contributed by atoms with Crippen molar-refractivity contribution >= 4 is 11.6 Å². The average Bonchev–Trinajstić information content (AvgIpc) is 2.39. The predicted octanol–water partition coefficient (Wildman–Crippen LogP) is 3.74. The molecule has 0 radical (unpaired) electrons. The maximum Gasteiger partial charge on any atom is 0.125 e. The van der Waals surface area contributed by atoms with E-state index in [1.54, 1.807) is 6.07 Å². The number of piperidine rings is 1. The summed E-state index contributed by atoms with van der Waals surface area (Å²) in [5.74, 6) is -0.286. The molecule has 1 aliphatic rings. The first kappa shape index (κ1) is 14.8. The Morgan fingerprint density at radius 3 is 2.84 bits per heavy atom. The second-order valence-electron chi connectivity index (χ2n) is 5.25. The zero-order valence-corrected chi connectivity index (χ0v) is 12.2. The van der Waals surface area contributed by atoms with Gasteiger partial charge >= 0.3 is 0 Å². The second-order valence-corrected chi connectivity index (χ2v) is 5.69. The molecule has 1 saturated heterocycles. The fourth-order valence-corrected chi connectivity index (χ4v) is 3.33. The van der Waals surface area contributed by atoms with E-state index in [9.17, 15) is 4.39 Å². The molecule has 1 aromatic rings. The van der Waals surface area contributed by atoms with Crippen LogP contribution in [0.1, 0.15) is 44.2 Å². The second kappa shape index (κ2) is 6.69. The van der Waals surface area contributed by atoms with E-state index in [2.05, 4.69) is 11.8 Å². The van der Waals surface area contributed by atoms with E-state index in [0.29, 0.717) is 17.6 Å². The molecule has 2 N–H and O–H groups in total. The van der Waals surface area contributed by atoms with E-state index < -0.39 is 0 Å². The van der Waals surface area contributed by atoms with E-state index in [4.69, 9.17) is 17.3 Å². The Balaban J connectivity index is 2.27. The van der Waals surface area contributed by atoms with Gasteiger partial charge in [-0.2, -0.15) is 0 Å². The van der Waals surface area contributed by atoms with Crippen LogP contribution in [0.2, 0.25) is 5.02 Å². The van der Waals surface area contributed by atoms with Gasteiger partial charge in [-0.1, -0.05) is 24.9 Å². The van der Waals surface area contributed by atoms with Crippen LogP contribution in [0.4, 0.5) is 4.39 Å². The summed E-state index contributed by atoms with van der Waals surface area (Å²) in [4.78, 5) is 2.43. The van der Waals surface area contributed by atoms with E-state index in [0.717, 1.165) is 18.5 Å². The van der Waals surface area contributed by atoms with Crippen LogP contribution in [0.25, 0.3) is 0 Å². The van der Waals surface area contributed by atoms with Crippen LogP contribution in [0.15, 0.2) is 18.2 Å². The van der Waals surface area contributed by atoms with Crippen molar-refractivity contribution in [1.29, 1.82) is 0 Å². The number of hydrogen-bond donors (Lipinski definition) is 1. The molecule has 4 heteroatoms. The molecule has 0 aliphatic carbocycles. The fraction of sp³-hybridized carbons (Fsp3) is 0.600. The van der Waals surface area contributed by atoms with Crippen LogP contribution in [0, 0.1) is 5.82 Å². The minimum absolute atomic E-state index is 0.0680. The standard InChI is InChI=1S/C15H22ClFN2/c1-2-14-5-3-4-6-19(14)15(10-18)11-7-12(16)9-13(17)8-11/h7-9,14-15H,2-6,10,18H2,1H3. The van der Waals surface area contributed by atoms with Crippen LogP contribution in [0.5, 0.6) is 0 Å². The summed E-state index contributed by atoms with van der Waals surface area (Å²) in [6.07, 6.45) is 4.78. The highest BCUT2D eigenvalue weighted by molar-refractivity contribution is 6.30. The van der Waals surface area contributed by atoms with E-state index in [1.807, 2.05) is 6.07 Å². The van der Waals surface area contributed by atoms with Crippen LogP contribution >= 0.6 is 11.6 Å². The molecule has 19 heavy (non-hydrogen) atoms. The van der Waals surface area contributed by atoms with Crippen molar-refractivity contribution < 1.29 is 4.39 Å². The third kappa shape index (κ3) is 3.47. The van der Waals surface area contributed by atoms with Gasteiger partial charge in [-0.05, 0) is 49.6 Å². The molecule has 2 nitrogen and oxygen atoms in total. The Hall–Kier alpha value is -0.640. The van der Waals surface area contributed by atoms with Crippen LogP contribution in [-0.4, -0.2) is 24.0 Å². The monoisotopic (exact) mass is 284 g/mol. The van der Waals surface area contributed by atoms with Crippen molar-refractivity contribution in [3.8, 4) is 0 Å². The molecule has 106 valence electrons. The summed E-state index contributed by atoms with van der Waals surface area (Å²) < 4.78 is 13.5. The lowest BCUT2D eigenvalue weighted by Gasteiger charge is -2.41. The average molecular weight is 285 g/mol. The van der Waals surface area contributed by atoms with Gasteiger partial charge in [0, 0.05) is 23.7 Å². The lowest BCUT2D eigenvalue weighted by Crippen LogP contribution is -2.44. The third-order valence-corrected chi connectivity index (χ3v) is 4.26. The smallest absolute Gasteiger partial charge is 0.125 e. The Kier molecular flexibility index (Phi) is 5.20. The first-order chi connectivity index (χ1) is 9.15. The maximum absolute atomic E-state index is 13.5. The fourth-order valence-electron chi connectivity index (χ4n) is 3.10. The molecule has 2 rings (SSSR count). The van der Waals surface area contributed by atoms with Gasteiger partial charge in [0.25, 0.3) is 0 Å². The Morgan fingerprint density at radius 2 is 2.21 bits per heavy atom. The van der Waals surface area contributed by atoms with Crippen molar-refractivity contribution in [2.75, 3.05) is 13.1 Å². The zero-order chi connectivity index (χ0) is 13.8. The number of benzene rings is 1. The number of halogens is 2. The molecule has 2 unspecified atom stereocenters. The SMILES string of the molecule is CCC1CCCCN1C(CN)c1cc(F)cc(Cl)c1. The summed E-state index contributed by atoms with van der Waals surface area (Å²) in [6.45, 7) is 3.74. The summed E-state index contributed by atoms with van der Waals surface area (Å²) >= 11 is 5.96. The molecule has 1 aliphatic heterocycles. The maximum atomic E-state index is 13.5.